The van der Waals surface area contributed by atoms with Crippen LogP contribution in [0, 0.1) is 6.92 Å². The van der Waals surface area contributed by atoms with E-state index in [9.17, 15) is 9.59 Å². The van der Waals surface area contributed by atoms with Crippen molar-refractivity contribution >= 4 is 23.2 Å². The van der Waals surface area contributed by atoms with Crippen LogP contribution in [0.15, 0.2) is 35.2 Å². The van der Waals surface area contributed by atoms with Crippen LogP contribution in [-0.4, -0.2) is 27.9 Å². The normalized spacial score (nSPS) is 27.1. The molecular weight excluding hydrogens is 346 g/mol. The lowest BCUT2D eigenvalue weighted by Gasteiger charge is -2.40. The number of carbonyl (C=O) groups is 2. The second-order valence-corrected chi connectivity index (χ2v) is 8.46. The van der Waals surface area contributed by atoms with Crippen LogP contribution in [0.5, 0.6) is 0 Å². The number of carbonyl (C=O) groups excluding carboxylic acids is 2. The third-order valence-corrected chi connectivity index (χ3v) is 6.36. The largest absolute Gasteiger partial charge is 0.347 e. The summed E-state index contributed by atoms with van der Waals surface area (Å²) < 4.78 is 0. The van der Waals surface area contributed by atoms with Crippen molar-refractivity contribution < 1.29 is 9.59 Å². The number of aryl methyl sites for hydroxylation is 1. The standard InChI is InChI=1S/C20H23N3O2S/c1-14-4-2-5-15(10-14)17(24)22-19-6-3-7-20(12-19,9-8-19)23-18(25)16-11-26-13-21-16/h2,4-5,10-11,13H,3,6-9,12H2,1H3,(H,22,24)(H,23,25). The molecular formula is C20H23N3O2S. The molecule has 1 heterocycles. The number of amides is 2. The number of thiazole rings is 1. The number of rotatable bonds is 4. The molecule has 2 N–H and O–H groups in total. The number of benzene rings is 1. The minimum atomic E-state index is -0.223. The van der Waals surface area contributed by atoms with E-state index in [1.54, 1.807) is 10.9 Å². The van der Waals surface area contributed by atoms with E-state index in [4.69, 9.17) is 0 Å². The van der Waals surface area contributed by atoms with Crippen molar-refractivity contribution in [2.45, 2.75) is 56.5 Å². The number of hydrogen-bond donors (Lipinski definition) is 2. The van der Waals surface area contributed by atoms with Crippen LogP contribution in [0.25, 0.3) is 0 Å². The summed E-state index contributed by atoms with van der Waals surface area (Å²) in [6, 6.07) is 7.68. The van der Waals surface area contributed by atoms with E-state index in [1.807, 2.05) is 31.2 Å². The number of hydrogen-bond acceptors (Lipinski definition) is 4. The molecule has 0 radical (unpaired) electrons. The maximum absolute atomic E-state index is 12.8. The maximum Gasteiger partial charge on any atom is 0.271 e. The van der Waals surface area contributed by atoms with Crippen LogP contribution in [0.3, 0.4) is 0 Å². The zero-order valence-corrected chi connectivity index (χ0v) is 15.7. The van der Waals surface area contributed by atoms with Crippen LogP contribution in [0.2, 0.25) is 0 Å². The highest BCUT2D eigenvalue weighted by Gasteiger charge is 2.52. The third-order valence-electron chi connectivity index (χ3n) is 5.77. The summed E-state index contributed by atoms with van der Waals surface area (Å²) in [4.78, 5) is 29.4. The Morgan fingerprint density at radius 2 is 1.81 bits per heavy atom. The zero-order valence-electron chi connectivity index (χ0n) is 14.9. The summed E-state index contributed by atoms with van der Waals surface area (Å²) >= 11 is 1.42. The van der Waals surface area contributed by atoms with Crippen LogP contribution >= 0.6 is 11.3 Å². The molecule has 2 aromatic rings. The monoisotopic (exact) mass is 369 g/mol. The highest BCUT2D eigenvalue weighted by molar-refractivity contribution is 7.07. The van der Waals surface area contributed by atoms with Crippen molar-refractivity contribution in [2.75, 3.05) is 0 Å². The molecule has 0 aliphatic heterocycles. The topological polar surface area (TPSA) is 71.1 Å². The predicted molar refractivity (Wildman–Crippen MR) is 101 cm³/mol. The summed E-state index contributed by atoms with van der Waals surface area (Å²) in [5, 5.41) is 8.30. The fraction of sp³-hybridized carbons (Fsp3) is 0.450. The van der Waals surface area contributed by atoms with Gasteiger partial charge in [-0.05, 0) is 57.6 Å². The molecule has 1 aromatic heterocycles. The Balaban J connectivity index is 1.48. The van der Waals surface area contributed by atoms with Crippen molar-refractivity contribution in [3.63, 3.8) is 0 Å². The van der Waals surface area contributed by atoms with E-state index in [1.165, 1.54) is 11.3 Å². The number of fused-ring (bicyclic) bond motifs is 2. The fourth-order valence-electron chi connectivity index (χ4n) is 4.56. The van der Waals surface area contributed by atoms with E-state index in [0.717, 1.165) is 44.1 Å². The molecule has 1 aromatic carbocycles. The first-order chi connectivity index (χ1) is 12.5. The van der Waals surface area contributed by atoms with Crippen LogP contribution < -0.4 is 10.6 Å². The minimum Gasteiger partial charge on any atom is -0.347 e. The Hall–Kier alpha value is -2.21. The van der Waals surface area contributed by atoms with Crippen LogP contribution in [0.1, 0.15) is 64.9 Å². The first-order valence-corrected chi connectivity index (χ1v) is 10.0. The maximum atomic E-state index is 12.8. The molecule has 6 heteroatoms. The lowest BCUT2D eigenvalue weighted by molar-refractivity contribution is 0.0830. The van der Waals surface area contributed by atoms with Gasteiger partial charge in [-0.3, -0.25) is 9.59 Å². The van der Waals surface area contributed by atoms with Crippen molar-refractivity contribution in [3.8, 4) is 0 Å². The van der Waals surface area contributed by atoms with Crippen LogP contribution in [0.4, 0.5) is 0 Å². The molecule has 0 saturated heterocycles. The van der Waals surface area contributed by atoms with Gasteiger partial charge < -0.3 is 10.6 Å². The van der Waals surface area contributed by atoms with Crippen molar-refractivity contribution in [2.24, 2.45) is 0 Å². The number of nitrogens with zero attached hydrogens (tertiary/aromatic N) is 1. The Bertz CT molecular complexity index is 835. The molecule has 5 nitrogen and oxygen atoms in total. The molecule has 2 aliphatic rings. The highest BCUT2D eigenvalue weighted by Crippen LogP contribution is 2.48. The molecule has 2 saturated carbocycles. The first kappa shape index (κ1) is 17.2. The smallest absolute Gasteiger partial charge is 0.271 e. The van der Waals surface area contributed by atoms with Crippen molar-refractivity contribution in [1.82, 2.24) is 15.6 Å². The Morgan fingerprint density at radius 1 is 1.08 bits per heavy atom. The second kappa shape index (κ2) is 6.50. The summed E-state index contributed by atoms with van der Waals surface area (Å²) in [7, 11) is 0. The Kier molecular flexibility index (Phi) is 4.31. The van der Waals surface area contributed by atoms with Gasteiger partial charge in [0.15, 0.2) is 0 Å². The SMILES string of the molecule is Cc1cccc(C(=O)NC23CCCC(NC(=O)c4cscn4)(CC2)C3)c1. The molecule has 0 spiro atoms. The predicted octanol–water partition coefficient (Wildman–Crippen LogP) is 3.46. The van der Waals surface area contributed by atoms with Gasteiger partial charge >= 0.3 is 0 Å². The average Bonchev–Trinajstić information content (AvgIpc) is 3.22. The molecule has 2 aliphatic carbocycles. The van der Waals surface area contributed by atoms with Gasteiger partial charge in [-0.15, -0.1) is 11.3 Å². The Morgan fingerprint density at radius 3 is 2.46 bits per heavy atom. The summed E-state index contributed by atoms with van der Waals surface area (Å²) in [6.45, 7) is 1.99. The average molecular weight is 369 g/mol. The van der Waals surface area contributed by atoms with E-state index in [0.29, 0.717) is 11.3 Å². The van der Waals surface area contributed by atoms with Crippen molar-refractivity contribution in [1.29, 1.82) is 0 Å². The van der Waals surface area contributed by atoms with E-state index in [2.05, 4.69) is 15.6 Å². The molecule has 2 unspecified atom stereocenters. The molecule has 2 fully saturated rings. The van der Waals surface area contributed by atoms with E-state index >= 15 is 0 Å². The van der Waals surface area contributed by atoms with E-state index in [-0.39, 0.29) is 22.9 Å². The van der Waals surface area contributed by atoms with Gasteiger partial charge in [0.05, 0.1) is 5.51 Å². The molecule has 136 valence electrons. The number of nitrogens with one attached hydrogen (secondary N) is 2. The van der Waals surface area contributed by atoms with Gasteiger partial charge in [-0.25, -0.2) is 4.98 Å². The summed E-state index contributed by atoms with van der Waals surface area (Å²) in [5.74, 6) is -0.119. The van der Waals surface area contributed by atoms with Gasteiger partial charge in [0, 0.05) is 22.0 Å². The molecule has 2 bridgehead atoms. The fourth-order valence-corrected chi connectivity index (χ4v) is 5.09. The zero-order chi connectivity index (χ0) is 18.2. The number of aromatic nitrogens is 1. The molecule has 2 amide bonds. The van der Waals surface area contributed by atoms with Gasteiger partial charge in [0.2, 0.25) is 0 Å². The summed E-state index contributed by atoms with van der Waals surface area (Å²) in [6.07, 6.45) is 5.54. The second-order valence-electron chi connectivity index (χ2n) is 7.74. The van der Waals surface area contributed by atoms with Gasteiger partial charge in [-0.2, -0.15) is 0 Å². The lowest BCUT2D eigenvalue weighted by atomic mass is 9.78. The molecule has 2 atom stereocenters. The van der Waals surface area contributed by atoms with Crippen LogP contribution in [-0.2, 0) is 0 Å². The van der Waals surface area contributed by atoms with Crippen molar-refractivity contribution in [3.05, 3.63) is 52.0 Å². The first-order valence-electron chi connectivity index (χ1n) is 9.09. The third kappa shape index (κ3) is 3.26. The van der Waals surface area contributed by atoms with Gasteiger partial charge in [0.1, 0.15) is 5.69 Å². The minimum absolute atomic E-state index is 0.0165. The highest BCUT2D eigenvalue weighted by atomic mass is 32.1. The van der Waals surface area contributed by atoms with Gasteiger partial charge in [-0.1, -0.05) is 17.7 Å². The summed E-state index contributed by atoms with van der Waals surface area (Å²) in [5.41, 5.74) is 3.50. The lowest BCUT2D eigenvalue weighted by Crippen LogP contribution is -2.55. The molecule has 26 heavy (non-hydrogen) atoms. The van der Waals surface area contributed by atoms with E-state index < -0.39 is 0 Å². The molecule has 4 rings (SSSR count). The Labute approximate surface area is 157 Å². The quantitative estimate of drug-likeness (QED) is 0.867. The van der Waals surface area contributed by atoms with Gasteiger partial charge in [0.25, 0.3) is 11.8 Å².